The van der Waals surface area contributed by atoms with Crippen LogP contribution in [0.2, 0.25) is 0 Å². The van der Waals surface area contributed by atoms with E-state index in [9.17, 15) is 15.0 Å². The fraction of sp³-hybridized carbons (Fsp3) is 0. The molecule has 5 heteroatoms. The molecule has 2 N–H and O–H groups in total. The van der Waals surface area contributed by atoms with E-state index in [-0.39, 0.29) is 28.5 Å². The number of benzene rings is 1. The van der Waals surface area contributed by atoms with Gasteiger partial charge in [0, 0.05) is 29.7 Å². The highest BCUT2D eigenvalue weighted by atomic mass is 16.5. The zero-order valence-electron chi connectivity index (χ0n) is 7.93. The first kappa shape index (κ1) is 8.84. The highest BCUT2D eigenvalue weighted by molar-refractivity contribution is 6.05. The van der Waals surface area contributed by atoms with Crippen molar-refractivity contribution in [3.8, 4) is 11.9 Å². The quantitative estimate of drug-likeness (QED) is 0.602. The molecule has 0 aliphatic rings. The third-order valence-electron chi connectivity index (χ3n) is 2.32. The Bertz CT molecular complexity index is 692. The Balaban J connectivity index is 2.69. The number of hydrogen-bond donors (Lipinski definition) is 2. The van der Waals surface area contributed by atoms with Crippen LogP contribution in [-0.4, -0.2) is 10.2 Å². The van der Waals surface area contributed by atoms with E-state index in [0.29, 0.717) is 10.8 Å². The van der Waals surface area contributed by atoms with Gasteiger partial charge in [0.15, 0.2) is 5.43 Å². The van der Waals surface area contributed by atoms with Crippen LogP contribution in [0.25, 0.3) is 21.9 Å². The van der Waals surface area contributed by atoms with Gasteiger partial charge in [-0.1, -0.05) is 0 Å². The molecular weight excluding hydrogens is 212 g/mol. The minimum Gasteiger partial charge on any atom is -0.481 e. The molecule has 0 aliphatic carbocycles. The molecule has 0 saturated heterocycles. The van der Waals surface area contributed by atoms with Gasteiger partial charge in [-0.3, -0.25) is 4.79 Å². The fourth-order valence-electron chi connectivity index (χ4n) is 1.75. The van der Waals surface area contributed by atoms with E-state index in [1.54, 1.807) is 0 Å². The zero-order chi connectivity index (χ0) is 11.3. The van der Waals surface area contributed by atoms with Crippen molar-refractivity contribution < 1.29 is 19.0 Å². The lowest BCUT2D eigenvalue weighted by molar-refractivity contribution is 0.336. The predicted octanol–water partition coefficient (Wildman–Crippen LogP) is 1.95. The lowest BCUT2D eigenvalue weighted by atomic mass is 10.1. The van der Waals surface area contributed by atoms with Crippen molar-refractivity contribution >= 4 is 21.9 Å². The van der Waals surface area contributed by atoms with Crippen LogP contribution in [0.4, 0.5) is 0 Å². The van der Waals surface area contributed by atoms with Gasteiger partial charge in [-0.25, -0.2) is 0 Å². The van der Waals surface area contributed by atoms with Crippen molar-refractivity contribution in [2.45, 2.75) is 0 Å². The van der Waals surface area contributed by atoms with Crippen LogP contribution >= 0.6 is 0 Å². The van der Waals surface area contributed by atoms with Crippen molar-refractivity contribution in [1.29, 1.82) is 0 Å². The van der Waals surface area contributed by atoms with Gasteiger partial charge in [-0.05, 0) is 0 Å². The van der Waals surface area contributed by atoms with Crippen LogP contribution in [0.3, 0.4) is 0 Å². The van der Waals surface area contributed by atoms with Crippen molar-refractivity contribution in [3.63, 3.8) is 0 Å². The fourth-order valence-corrected chi connectivity index (χ4v) is 1.75. The summed E-state index contributed by atoms with van der Waals surface area (Å²) in [7, 11) is 0. The maximum atomic E-state index is 11.3. The highest BCUT2D eigenvalue weighted by Crippen LogP contribution is 2.32. The van der Waals surface area contributed by atoms with E-state index in [1.807, 2.05) is 0 Å². The predicted molar refractivity (Wildman–Crippen MR) is 55.6 cm³/mol. The standard InChI is InChI=1S/C11H6O5/c12-6-3-7-11-5(1-9(13)15-7)2-10(14)16-8(11)4-6/h1-4,13-14H. The zero-order valence-corrected chi connectivity index (χ0v) is 7.93. The molecule has 80 valence electrons. The van der Waals surface area contributed by atoms with E-state index < -0.39 is 0 Å². The molecule has 16 heavy (non-hydrogen) atoms. The largest absolute Gasteiger partial charge is 0.481 e. The molecule has 5 nitrogen and oxygen atoms in total. The smallest absolute Gasteiger partial charge is 0.282 e. The van der Waals surface area contributed by atoms with Gasteiger partial charge in [-0.2, -0.15) is 0 Å². The third kappa shape index (κ3) is 1.15. The summed E-state index contributed by atoms with van der Waals surface area (Å²) in [5, 5.41) is 19.7. The van der Waals surface area contributed by atoms with Crippen molar-refractivity contribution in [1.82, 2.24) is 0 Å². The van der Waals surface area contributed by atoms with Gasteiger partial charge < -0.3 is 19.0 Å². The van der Waals surface area contributed by atoms with Gasteiger partial charge in [0.25, 0.3) is 11.9 Å². The third-order valence-corrected chi connectivity index (χ3v) is 2.32. The topological polar surface area (TPSA) is 83.8 Å². The molecule has 0 bridgehead atoms. The van der Waals surface area contributed by atoms with Gasteiger partial charge in [0.2, 0.25) is 0 Å². The second kappa shape index (κ2) is 2.79. The molecule has 0 aliphatic heterocycles. The van der Waals surface area contributed by atoms with E-state index in [1.165, 1.54) is 24.3 Å². The Labute approximate surface area is 88.1 Å². The molecule has 0 radical (unpaired) electrons. The first-order valence-electron chi connectivity index (χ1n) is 4.53. The summed E-state index contributed by atoms with van der Waals surface area (Å²) in [6, 6.07) is 5.19. The van der Waals surface area contributed by atoms with Crippen LogP contribution < -0.4 is 5.43 Å². The lowest BCUT2D eigenvalue weighted by Crippen LogP contribution is -1.96. The van der Waals surface area contributed by atoms with Crippen LogP contribution in [-0.2, 0) is 0 Å². The molecule has 2 heterocycles. The maximum Gasteiger partial charge on any atom is 0.282 e. The molecule has 1 aromatic carbocycles. The van der Waals surface area contributed by atoms with E-state index in [0.717, 1.165) is 0 Å². The second-order valence-electron chi connectivity index (χ2n) is 3.42. The normalized spacial score (nSPS) is 11.2. The van der Waals surface area contributed by atoms with Gasteiger partial charge in [-0.15, -0.1) is 0 Å². The summed E-state index contributed by atoms with van der Waals surface area (Å²) < 4.78 is 10.00. The summed E-state index contributed by atoms with van der Waals surface area (Å²) in [6.45, 7) is 0. The van der Waals surface area contributed by atoms with Crippen LogP contribution in [0.1, 0.15) is 0 Å². The second-order valence-corrected chi connectivity index (χ2v) is 3.42. The molecule has 3 aromatic rings. The van der Waals surface area contributed by atoms with Gasteiger partial charge in [0.1, 0.15) is 11.2 Å². The highest BCUT2D eigenvalue weighted by Gasteiger charge is 2.11. The minimum absolute atomic E-state index is 0.223. The van der Waals surface area contributed by atoms with Crippen LogP contribution in [0.5, 0.6) is 11.9 Å². The Kier molecular flexibility index (Phi) is 1.54. The summed E-state index contributed by atoms with van der Waals surface area (Å²) in [4.78, 5) is 11.3. The van der Waals surface area contributed by atoms with E-state index in [2.05, 4.69) is 0 Å². The Hall–Kier alpha value is -2.43. The first-order valence-corrected chi connectivity index (χ1v) is 4.53. The van der Waals surface area contributed by atoms with E-state index in [4.69, 9.17) is 8.83 Å². The van der Waals surface area contributed by atoms with E-state index >= 15 is 0 Å². The van der Waals surface area contributed by atoms with Crippen molar-refractivity contribution in [3.05, 3.63) is 34.5 Å². The number of rotatable bonds is 0. The summed E-state index contributed by atoms with van der Waals surface area (Å²) in [5.74, 6) is -0.657. The van der Waals surface area contributed by atoms with Crippen molar-refractivity contribution in [2.24, 2.45) is 0 Å². The molecule has 0 atom stereocenters. The molecule has 0 saturated carbocycles. The van der Waals surface area contributed by atoms with Crippen LogP contribution in [0, 0.1) is 0 Å². The maximum absolute atomic E-state index is 11.3. The summed E-state index contributed by atoms with van der Waals surface area (Å²) in [5.41, 5.74) is 0.125. The molecule has 0 spiro atoms. The van der Waals surface area contributed by atoms with Gasteiger partial charge >= 0.3 is 0 Å². The summed E-state index contributed by atoms with van der Waals surface area (Å²) >= 11 is 0. The molecule has 0 amide bonds. The Morgan fingerprint density at radius 3 is 1.88 bits per heavy atom. The average Bonchev–Trinajstić information content (AvgIpc) is 2.14. The molecular formula is C11H6O5. The van der Waals surface area contributed by atoms with Gasteiger partial charge in [0.05, 0.1) is 5.39 Å². The first-order chi connectivity index (χ1) is 7.63. The molecule has 2 aromatic heterocycles. The molecule has 0 fully saturated rings. The van der Waals surface area contributed by atoms with Crippen LogP contribution in [0.15, 0.2) is 37.9 Å². The Morgan fingerprint density at radius 2 is 1.38 bits per heavy atom. The average molecular weight is 218 g/mol. The number of hydrogen-bond acceptors (Lipinski definition) is 5. The summed E-state index contributed by atoms with van der Waals surface area (Å²) in [6.07, 6.45) is 0. The minimum atomic E-state index is -0.329. The molecule has 3 rings (SSSR count). The Morgan fingerprint density at radius 1 is 0.875 bits per heavy atom. The lowest BCUT2D eigenvalue weighted by Gasteiger charge is -2.04. The SMILES string of the molecule is O=c1cc2oc(O)cc3cc(O)oc(c1)c32. The van der Waals surface area contributed by atoms with Crippen molar-refractivity contribution in [2.75, 3.05) is 0 Å². The molecule has 0 unspecified atom stereocenters. The monoisotopic (exact) mass is 218 g/mol. The number of aromatic hydroxyl groups is 2.